The zero-order valence-corrected chi connectivity index (χ0v) is 9.75. The number of nitrogens with one attached hydrogen (secondary N) is 1. The molecule has 0 saturated carbocycles. The van der Waals surface area contributed by atoms with Crippen LogP contribution in [0.5, 0.6) is 0 Å². The van der Waals surface area contributed by atoms with Crippen LogP contribution in [0, 0.1) is 11.6 Å². The van der Waals surface area contributed by atoms with E-state index in [2.05, 4.69) is 26.1 Å². The lowest BCUT2D eigenvalue weighted by molar-refractivity contribution is 0.0690. The number of aromatic nitrogens is 2. The van der Waals surface area contributed by atoms with Crippen LogP contribution < -0.4 is 0 Å². The number of aromatic amines is 1. The Morgan fingerprint density at radius 1 is 1.41 bits per heavy atom. The SMILES string of the molecule is O=C(O)c1cc(-c2ccc(F)c(F)c2Br)n[nH]1. The van der Waals surface area contributed by atoms with Gasteiger partial charge in [-0.3, -0.25) is 5.10 Å². The molecular weight excluding hydrogens is 298 g/mol. The first-order chi connectivity index (χ1) is 8.00. The van der Waals surface area contributed by atoms with Crippen molar-refractivity contribution in [1.82, 2.24) is 10.2 Å². The number of carbonyl (C=O) groups is 1. The smallest absolute Gasteiger partial charge is 0.353 e. The molecule has 0 aliphatic carbocycles. The van der Waals surface area contributed by atoms with Crippen LogP contribution in [-0.4, -0.2) is 21.3 Å². The molecule has 0 fully saturated rings. The Balaban J connectivity index is 2.53. The lowest BCUT2D eigenvalue weighted by Crippen LogP contribution is -1.95. The van der Waals surface area contributed by atoms with E-state index in [1.807, 2.05) is 0 Å². The van der Waals surface area contributed by atoms with E-state index in [1.165, 1.54) is 12.1 Å². The van der Waals surface area contributed by atoms with Crippen LogP contribution >= 0.6 is 15.9 Å². The first kappa shape index (κ1) is 11.7. The summed E-state index contributed by atoms with van der Waals surface area (Å²) in [5, 5.41) is 14.7. The first-order valence-electron chi connectivity index (χ1n) is 4.43. The quantitative estimate of drug-likeness (QED) is 0.838. The summed E-state index contributed by atoms with van der Waals surface area (Å²) in [6.45, 7) is 0. The molecule has 0 bridgehead atoms. The van der Waals surface area contributed by atoms with Crippen molar-refractivity contribution in [1.29, 1.82) is 0 Å². The standard InChI is InChI=1S/C10H5BrF2N2O2/c11-8-4(1-2-5(12)9(8)13)6-3-7(10(16)17)15-14-6/h1-3H,(H,14,15)(H,16,17). The van der Waals surface area contributed by atoms with Gasteiger partial charge in [-0.2, -0.15) is 5.10 Å². The number of carboxylic acid groups (broad SMARTS) is 1. The van der Waals surface area contributed by atoms with Gasteiger partial charge in [-0.1, -0.05) is 0 Å². The summed E-state index contributed by atoms with van der Waals surface area (Å²) in [6, 6.07) is 3.49. The Bertz CT molecular complexity index is 598. The molecule has 0 radical (unpaired) electrons. The molecular formula is C10H5BrF2N2O2. The second-order valence-corrected chi connectivity index (χ2v) is 3.99. The zero-order chi connectivity index (χ0) is 12.6. The number of halogens is 3. The Morgan fingerprint density at radius 2 is 2.12 bits per heavy atom. The molecule has 2 aromatic rings. The molecule has 2 N–H and O–H groups in total. The number of carboxylic acids is 1. The molecule has 1 heterocycles. The lowest BCUT2D eigenvalue weighted by atomic mass is 10.1. The van der Waals surface area contributed by atoms with Gasteiger partial charge in [0, 0.05) is 5.56 Å². The average molecular weight is 303 g/mol. The van der Waals surface area contributed by atoms with Crippen molar-refractivity contribution in [2.24, 2.45) is 0 Å². The van der Waals surface area contributed by atoms with E-state index in [0.29, 0.717) is 0 Å². The summed E-state index contributed by atoms with van der Waals surface area (Å²) in [4.78, 5) is 10.6. The highest BCUT2D eigenvalue weighted by molar-refractivity contribution is 9.10. The number of H-pyrrole nitrogens is 1. The lowest BCUT2D eigenvalue weighted by Gasteiger charge is -2.02. The Morgan fingerprint density at radius 3 is 2.71 bits per heavy atom. The van der Waals surface area contributed by atoms with Crippen LogP contribution in [0.4, 0.5) is 8.78 Å². The number of hydrogen-bond donors (Lipinski definition) is 2. The normalized spacial score (nSPS) is 10.5. The Kier molecular flexibility index (Phi) is 2.93. The van der Waals surface area contributed by atoms with E-state index in [0.717, 1.165) is 6.07 Å². The summed E-state index contributed by atoms with van der Waals surface area (Å²) in [6.07, 6.45) is 0. The third-order valence-corrected chi connectivity index (χ3v) is 2.89. The summed E-state index contributed by atoms with van der Waals surface area (Å²) < 4.78 is 26.1. The second kappa shape index (κ2) is 4.25. The number of aromatic carboxylic acids is 1. The van der Waals surface area contributed by atoms with Gasteiger partial charge < -0.3 is 5.11 Å². The van der Waals surface area contributed by atoms with E-state index in [4.69, 9.17) is 5.11 Å². The highest BCUT2D eigenvalue weighted by atomic mass is 79.9. The van der Waals surface area contributed by atoms with Crippen molar-refractivity contribution < 1.29 is 18.7 Å². The molecule has 88 valence electrons. The summed E-state index contributed by atoms with van der Waals surface area (Å²) in [5.74, 6) is -3.21. The third kappa shape index (κ3) is 2.05. The molecule has 0 aliphatic rings. The van der Waals surface area contributed by atoms with Crippen molar-refractivity contribution in [2.75, 3.05) is 0 Å². The van der Waals surface area contributed by atoms with Crippen LogP contribution in [0.15, 0.2) is 22.7 Å². The number of rotatable bonds is 2. The predicted molar refractivity (Wildman–Crippen MR) is 58.6 cm³/mol. The second-order valence-electron chi connectivity index (χ2n) is 3.19. The molecule has 0 saturated heterocycles. The minimum atomic E-state index is -1.18. The van der Waals surface area contributed by atoms with Crippen LogP contribution in [0.2, 0.25) is 0 Å². The van der Waals surface area contributed by atoms with E-state index in [9.17, 15) is 13.6 Å². The maximum atomic E-state index is 13.3. The zero-order valence-electron chi connectivity index (χ0n) is 8.17. The summed E-state index contributed by atoms with van der Waals surface area (Å²) in [5.41, 5.74) is 0.359. The molecule has 0 spiro atoms. The Labute approximate surface area is 102 Å². The highest BCUT2D eigenvalue weighted by Crippen LogP contribution is 2.30. The van der Waals surface area contributed by atoms with E-state index < -0.39 is 17.6 Å². The van der Waals surface area contributed by atoms with Gasteiger partial charge in [-0.15, -0.1) is 0 Å². The van der Waals surface area contributed by atoms with Crippen molar-refractivity contribution in [3.05, 3.63) is 40.0 Å². The van der Waals surface area contributed by atoms with Crippen molar-refractivity contribution in [2.45, 2.75) is 0 Å². The monoisotopic (exact) mass is 302 g/mol. The van der Waals surface area contributed by atoms with Gasteiger partial charge in [-0.25, -0.2) is 13.6 Å². The van der Waals surface area contributed by atoms with Crippen LogP contribution in [0.3, 0.4) is 0 Å². The maximum absolute atomic E-state index is 13.3. The molecule has 1 aromatic heterocycles. The summed E-state index contributed by atoms with van der Waals surface area (Å²) >= 11 is 2.90. The molecule has 4 nitrogen and oxygen atoms in total. The van der Waals surface area contributed by atoms with Gasteiger partial charge in [0.25, 0.3) is 0 Å². The molecule has 17 heavy (non-hydrogen) atoms. The van der Waals surface area contributed by atoms with Crippen LogP contribution in [0.25, 0.3) is 11.3 Å². The average Bonchev–Trinajstić information content (AvgIpc) is 2.75. The van der Waals surface area contributed by atoms with Gasteiger partial charge in [0.05, 0.1) is 10.2 Å². The van der Waals surface area contributed by atoms with Crippen molar-refractivity contribution in [3.63, 3.8) is 0 Å². The van der Waals surface area contributed by atoms with Crippen LogP contribution in [0.1, 0.15) is 10.5 Å². The largest absolute Gasteiger partial charge is 0.477 e. The van der Waals surface area contributed by atoms with Gasteiger partial charge >= 0.3 is 5.97 Å². The molecule has 0 unspecified atom stereocenters. The highest BCUT2D eigenvalue weighted by Gasteiger charge is 2.16. The molecule has 0 aliphatic heterocycles. The number of hydrogen-bond acceptors (Lipinski definition) is 2. The van der Waals surface area contributed by atoms with E-state index >= 15 is 0 Å². The predicted octanol–water partition coefficient (Wildman–Crippen LogP) is 2.82. The van der Waals surface area contributed by atoms with Crippen LogP contribution in [-0.2, 0) is 0 Å². The topological polar surface area (TPSA) is 66.0 Å². The first-order valence-corrected chi connectivity index (χ1v) is 5.22. The minimum Gasteiger partial charge on any atom is -0.477 e. The number of benzene rings is 1. The summed E-state index contributed by atoms with van der Waals surface area (Å²) in [7, 11) is 0. The van der Waals surface area contributed by atoms with E-state index in [1.54, 1.807) is 0 Å². The van der Waals surface area contributed by atoms with E-state index in [-0.39, 0.29) is 21.4 Å². The molecule has 0 atom stereocenters. The fraction of sp³-hybridized carbons (Fsp3) is 0. The molecule has 2 rings (SSSR count). The fourth-order valence-corrected chi connectivity index (χ4v) is 1.82. The minimum absolute atomic E-state index is 0.0964. The maximum Gasteiger partial charge on any atom is 0.353 e. The van der Waals surface area contributed by atoms with Gasteiger partial charge in [0.2, 0.25) is 0 Å². The molecule has 1 aromatic carbocycles. The van der Waals surface area contributed by atoms with Crippen molar-refractivity contribution in [3.8, 4) is 11.3 Å². The van der Waals surface area contributed by atoms with Gasteiger partial charge in [0.15, 0.2) is 11.6 Å². The molecule has 0 amide bonds. The fourth-order valence-electron chi connectivity index (χ4n) is 1.29. The Hall–Kier alpha value is -1.76. The number of nitrogens with zero attached hydrogens (tertiary/aromatic N) is 1. The van der Waals surface area contributed by atoms with Gasteiger partial charge in [0.1, 0.15) is 5.69 Å². The van der Waals surface area contributed by atoms with Gasteiger partial charge in [-0.05, 0) is 34.1 Å². The van der Waals surface area contributed by atoms with Crippen molar-refractivity contribution >= 4 is 21.9 Å². The third-order valence-electron chi connectivity index (χ3n) is 2.12. The molecule has 7 heteroatoms.